The normalized spacial score (nSPS) is 10.5. The lowest BCUT2D eigenvalue weighted by Gasteiger charge is -2.11. The molecule has 7 heteroatoms. The van der Waals surface area contributed by atoms with Crippen LogP contribution in [-0.4, -0.2) is 11.1 Å². The van der Waals surface area contributed by atoms with Gasteiger partial charge in [0.25, 0.3) is 0 Å². The van der Waals surface area contributed by atoms with E-state index in [0.29, 0.717) is 4.47 Å². The van der Waals surface area contributed by atoms with Crippen LogP contribution in [0.5, 0.6) is 0 Å². The first-order valence-electron chi connectivity index (χ1n) is 5.78. The maximum Gasteiger partial charge on any atom is 0.335 e. The van der Waals surface area contributed by atoms with Gasteiger partial charge in [0.1, 0.15) is 11.6 Å². The van der Waals surface area contributed by atoms with Gasteiger partial charge in [-0.1, -0.05) is 22.0 Å². The molecule has 2 aromatic carbocycles. The number of carboxylic acids is 1. The summed E-state index contributed by atoms with van der Waals surface area (Å²) in [5.74, 6) is -2.40. The summed E-state index contributed by atoms with van der Waals surface area (Å²) in [6.45, 7) is 0.252. The average Bonchev–Trinajstić information content (AvgIpc) is 2.38. The molecule has 3 nitrogen and oxygen atoms in total. The number of hydrogen-bond acceptors (Lipinski definition) is 2. The van der Waals surface area contributed by atoms with Crippen LogP contribution < -0.4 is 5.32 Å². The third kappa shape index (κ3) is 3.79. The summed E-state index contributed by atoms with van der Waals surface area (Å²) < 4.78 is 27.5. The smallest absolute Gasteiger partial charge is 0.335 e. The van der Waals surface area contributed by atoms with Gasteiger partial charge in [-0.25, -0.2) is 13.6 Å². The maximum absolute atomic E-state index is 13.7. The minimum Gasteiger partial charge on any atom is -0.478 e. The summed E-state index contributed by atoms with van der Waals surface area (Å²) >= 11 is 6.36. The Hall–Kier alpha value is -1.47. The van der Waals surface area contributed by atoms with Crippen molar-refractivity contribution in [3.63, 3.8) is 0 Å². The Labute approximate surface area is 136 Å². The van der Waals surface area contributed by atoms with Crippen LogP contribution in [0.15, 0.2) is 39.3 Å². The summed E-state index contributed by atoms with van der Waals surface area (Å²) in [5, 5.41) is 11.7. The molecule has 0 saturated heterocycles. The van der Waals surface area contributed by atoms with Crippen molar-refractivity contribution in [2.75, 3.05) is 5.32 Å². The molecule has 0 spiro atoms. The van der Waals surface area contributed by atoms with E-state index in [0.717, 1.165) is 17.7 Å². The van der Waals surface area contributed by atoms with Crippen molar-refractivity contribution in [3.05, 3.63) is 62.0 Å². The quantitative estimate of drug-likeness (QED) is 0.746. The topological polar surface area (TPSA) is 49.3 Å². The molecule has 0 aliphatic rings. The van der Waals surface area contributed by atoms with E-state index in [9.17, 15) is 13.6 Å². The van der Waals surface area contributed by atoms with Crippen LogP contribution in [0.4, 0.5) is 14.5 Å². The lowest BCUT2D eigenvalue weighted by molar-refractivity contribution is 0.0697. The van der Waals surface area contributed by atoms with E-state index in [1.54, 1.807) is 6.07 Å². The third-order valence-corrected chi connectivity index (χ3v) is 4.13. The maximum atomic E-state index is 13.7. The lowest BCUT2D eigenvalue weighted by Crippen LogP contribution is -2.05. The van der Waals surface area contributed by atoms with Gasteiger partial charge in [0.05, 0.1) is 11.3 Å². The fourth-order valence-electron chi connectivity index (χ4n) is 1.72. The summed E-state index contributed by atoms with van der Waals surface area (Å²) in [4.78, 5) is 10.8. The largest absolute Gasteiger partial charge is 0.478 e. The van der Waals surface area contributed by atoms with Gasteiger partial charge >= 0.3 is 5.97 Å². The molecule has 0 fully saturated rings. The first kappa shape index (κ1) is 15.9. The highest BCUT2D eigenvalue weighted by Gasteiger charge is 2.11. The van der Waals surface area contributed by atoms with E-state index in [-0.39, 0.29) is 22.3 Å². The molecule has 0 unspecified atom stereocenters. The van der Waals surface area contributed by atoms with Crippen molar-refractivity contribution in [3.8, 4) is 0 Å². The molecule has 0 atom stereocenters. The van der Waals surface area contributed by atoms with Gasteiger partial charge in [-0.05, 0) is 39.7 Å². The number of anilines is 1. The van der Waals surface area contributed by atoms with Crippen LogP contribution >= 0.6 is 31.9 Å². The summed E-state index contributed by atoms with van der Waals surface area (Å²) in [5.41, 5.74) is 1.04. The molecular formula is C14H9Br2F2NO2. The second kappa shape index (κ2) is 6.53. The van der Waals surface area contributed by atoms with Crippen LogP contribution in [-0.2, 0) is 6.54 Å². The summed E-state index contributed by atoms with van der Waals surface area (Å²) in [6, 6.07) is 6.50. The molecule has 0 radical (unpaired) electrons. The highest BCUT2D eigenvalue weighted by molar-refractivity contribution is 9.11. The zero-order valence-electron chi connectivity index (χ0n) is 10.5. The molecule has 0 aromatic heterocycles. The fourth-order valence-corrected chi connectivity index (χ4v) is 2.79. The van der Waals surface area contributed by atoms with E-state index in [2.05, 4.69) is 37.2 Å². The number of nitrogens with one attached hydrogen (secondary N) is 1. The highest BCUT2D eigenvalue weighted by atomic mass is 79.9. The third-order valence-electron chi connectivity index (χ3n) is 2.76. The molecule has 0 amide bonds. The highest BCUT2D eigenvalue weighted by Crippen LogP contribution is 2.28. The number of carbonyl (C=O) groups is 1. The standard InChI is InChI=1S/C14H9Br2F2NO2/c15-10-3-7(14(20)21)1-2-8(10)6-19-13-11(16)4-9(17)5-12(13)18/h1-5,19H,6H2,(H,20,21). The van der Waals surface area contributed by atoms with E-state index >= 15 is 0 Å². The van der Waals surface area contributed by atoms with Crippen molar-refractivity contribution in [2.24, 2.45) is 0 Å². The molecule has 2 N–H and O–H groups in total. The SMILES string of the molecule is O=C(O)c1ccc(CNc2c(F)cc(F)cc2Br)c(Br)c1. The van der Waals surface area contributed by atoms with Crippen LogP contribution in [0.2, 0.25) is 0 Å². The van der Waals surface area contributed by atoms with Gasteiger partial charge in [-0.2, -0.15) is 0 Å². The molecule has 2 rings (SSSR count). The molecule has 0 heterocycles. The van der Waals surface area contributed by atoms with Gasteiger partial charge in [-0.3, -0.25) is 0 Å². The number of benzene rings is 2. The Balaban J connectivity index is 2.19. The second-order valence-electron chi connectivity index (χ2n) is 4.21. The molecule has 0 aliphatic heterocycles. The number of aromatic carboxylic acids is 1. The molecular weight excluding hydrogens is 412 g/mol. The average molecular weight is 421 g/mol. The summed E-state index contributed by atoms with van der Waals surface area (Å²) in [7, 11) is 0. The van der Waals surface area contributed by atoms with Crippen molar-refractivity contribution >= 4 is 43.5 Å². The zero-order valence-corrected chi connectivity index (χ0v) is 13.6. The molecule has 0 aliphatic carbocycles. The summed E-state index contributed by atoms with van der Waals surface area (Å²) in [6.07, 6.45) is 0. The minimum atomic E-state index is -1.03. The Kier molecular flexibility index (Phi) is 4.95. The molecule has 110 valence electrons. The lowest BCUT2D eigenvalue weighted by atomic mass is 10.1. The molecule has 0 saturated carbocycles. The molecule has 0 bridgehead atoms. The van der Waals surface area contributed by atoms with Gasteiger partial charge in [0.15, 0.2) is 0 Å². The number of rotatable bonds is 4. The van der Waals surface area contributed by atoms with Crippen molar-refractivity contribution in [2.45, 2.75) is 6.54 Å². The van der Waals surface area contributed by atoms with Gasteiger partial charge in [0.2, 0.25) is 0 Å². The van der Waals surface area contributed by atoms with Crippen molar-refractivity contribution in [1.29, 1.82) is 0 Å². The first-order valence-corrected chi connectivity index (χ1v) is 7.37. The van der Waals surface area contributed by atoms with Crippen molar-refractivity contribution < 1.29 is 18.7 Å². The predicted molar refractivity (Wildman–Crippen MR) is 82.5 cm³/mol. The Morgan fingerprint density at radius 2 is 1.86 bits per heavy atom. The van der Waals surface area contributed by atoms with Crippen LogP contribution in [0.3, 0.4) is 0 Å². The second-order valence-corrected chi connectivity index (χ2v) is 5.92. The van der Waals surface area contributed by atoms with E-state index in [1.165, 1.54) is 12.1 Å². The number of hydrogen-bond donors (Lipinski definition) is 2. The van der Waals surface area contributed by atoms with E-state index in [1.807, 2.05) is 0 Å². The van der Waals surface area contributed by atoms with Gasteiger partial charge in [-0.15, -0.1) is 0 Å². The Morgan fingerprint density at radius 1 is 1.14 bits per heavy atom. The minimum absolute atomic E-state index is 0.144. The molecule has 21 heavy (non-hydrogen) atoms. The number of halogens is 4. The van der Waals surface area contributed by atoms with Gasteiger partial charge < -0.3 is 10.4 Å². The first-order chi connectivity index (χ1) is 9.88. The van der Waals surface area contributed by atoms with E-state index in [4.69, 9.17) is 5.11 Å². The zero-order chi connectivity index (χ0) is 15.6. The predicted octanol–water partition coefficient (Wildman–Crippen LogP) is 4.80. The van der Waals surface area contributed by atoms with Crippen LogP contribution in [0.1, 0.15) is 15.9 Å². The van der Waals surface area contributed by atoms with Crippen LogP contribution in [0.25, 0.3) is 0 Å². The number of carboxylic acid groups (broad SMARTS) is 1. The Morgan fingerprint density at radius 3 is 2.43 bits per heavy atom. The van der Waals surface area contributed by atoms with Crippen molar-refractivity contribution in [1.82, 2.24) is 0 Å². The Bertz CT molecular complexity index is 684. The molecule has 2 aromatic rings. The van der Waals surface area contributed by atoms with Crippen LogP contribution in [0, 0.1) is 11.6 Å². The van der Waals surface area contributed by atoms with E-state index < -0.39 is 17.6 Å². The fraction of sp³-hybridized carbons (Fsp3) is 0.0714. The monoisotopic (exact) mass is 419 g/mol. The van der Waals surface area contributed by atoms with Gasteiger partial charge in [0, 0.05) is 21.6 Å².